The quantitative estimate of drug-likeness (QED) is 0.304. The van der Waals surface area contributed by atoms with Crippen LogP contribution < -0.4 is 0 Å². The molecule has 0 bridgehead atoms. The minimum Gasteiger partial charge on any atom is -0.457 e. The number of carbonyl (C=O) groups excluding carboxylic acids is 1. The van der Waals surface area contributed by atoms with Crippen molar-refractivity contribution < 1.29 is 19.4 Å². The van der Waals surface area contributed by atoms with E-state index in [1.807, 2.05) is 24.3 Å². The number of esters is 1. The molecule has 1 N–H and O–H groups in total. The number of carbonyl (C=O) groups is 1. The van der Waals surface area contributed by atoms with E-state index in [1.165, 1.54) is 5.56 Å². The van der Waals surface area contributed by atoms with E-state index < -0.39 is 17.8 Å². The summed E-state index contributed by atoms with van der Waals surface area (Å²) in [5.74, 6) is 4.30. The first kappa shape index (κ1) is 17.6. The number of ether oxygens (including phenoxy) is 1. The lowest BCUT2D eigenvalue weighted by Gasteiger charge is -2.18. The molecule has 0 aliphatic rings. The van der Waals surface area contributed by atoms with Crippen molar-refractivity contribution in [3.05, 3.63) is 40.9 Å². The molecule has 0 radical (unpaired) electrons. The summed E-state index contributed by atoms with van der Waals surface area (Å²) in [4.78, 5) is 14.2. The summed E-state index contributed by atoms with van der Waals surface area (Å²) in [6.07, 6.45) is -1.51. The number of nitrogens with zero attached hydrogens (tertiary/aromatic N) is 2. The molecule has 0 aliphatic carbocycles. The first-order chi connectivity index (χ1) is 10.3. The monoisotopic (exact) mass is 300 g/mol. The maximum Gasteiger partial charge on any atom is 0.421 e. The summed E-state index contributed by atoms with van der Waals surface area (Å²) in [6.45, 7) is 8.07. The van der Waals surface area contributed by atoms with Crippen molar-refractivity contribution in [2.45, 2.75) is 39.2 Å². The van der Waals surface area contributed by atoms with E-state index in [0.29, 0.717) is 5.56 Å². The molecular weight excluding hydrogens is 280 g/mol. The molecule has 22 heavy (non-hydrogen) atoms. The van der Waals surface area contributed by atoms with Crippen LogP contribution in [0.25, 0.3) is 5.53 Å². The molecule has 5 heteroatoms. The fourth-order valence-corrected chi connectivity index (χ4v) is 1.69. The van der Waals surface area contributed by atoms with Crippen molar-refractivity contribution in [3.63, 3.8) is 0 Å². The number of hydrogen-bond donors (Lipinski definition) is 1. The standard InChI is InChI=1S/C17H20N2O3/c1-5-22-16(21)15(19-18)14(20)11-8-12-6-9-13(10-7-12)17(2,3)4/h6-7,9-10,14,20H,5H2,1-4H3. The largest absolute Gasteiger partial charge is 0.457 e. The van der Waals surface area contributed by atoms with Crippen LogP contribution in [-0.4, -0.2) is 34.3 Å². The van der Waals surface area contributed by atoms with Gasteiger partial charge in [0, 0.05) is 5.56 Å². The van der Waals surface area contributed by atoms with Crippen LogP contribution in [0.4, 0.5) is 0 Å². The van der Waals surface area contributed by atoms with E-state index in [-0.39, 0.29) is 12.0 Å². The maximum atomic E-state index is 11.4. The van der Waals surface area contributed by atoms with Gasteiger partial charge in [0.15, 0.2) is 0 Å². The Morgan fingerprint density at radius 3 is 2.41 bits per heavy atom. The van der Waals surface area contributed by atoms with Gasteiger partial charge in [-0.1, -0.05) is 44.7 Å². The highest BCUT2D eigenvalue weighted by atomic mass is 16.5. The van der Waals surface area contributed by atoms with Gasteiger partial charge in [-0.25, -0.2) is 4.79 Å². The summed E-state index contributed by atoms with van der Waals surface area (Å²) < 4.78 is 4.66. The Morgan fingerprint density at radius 2 is 1.95 bits per heavy atom. The van der Waals surface area contributed by atoms with Crippen molar-refractivity contribution in [1.29, 1.82) is 0 Å². The molecule has 1 unspecified atom stereocenters. The van der Waals surface area contributed by atoms with E-state index in [4.69, 9.17) is 5.53 Å². The van der Waals surface area contributed by atoms with Gasteiger partial charge in [0.05, 0.1) is 6.61 Å². The molecule has 0 saturated carbocycles. The van der Waals surface area contributed by atoms with Gasteiger partial charge in [0.2, 0.25) is 6.10 Å². The number of rotatable bonds is 3. The molecule has 0 aliphatic heterocycles. The zero-order chi connectivity index (χ0) is 16.8. The molecule has 0 aromatic heterocycles. The average molecular weight is 300 g/mol. The lowest BCUT2D eigenvalue weighted by atomic mass is 9.87. The smallest absolute Gasteiger partial charge is 0.421 e. The van der Waals surface area contributed by atoms with Crippen molar-refractivity contribution in [3.8, 4) is 11.8 Å². The zero-order valence-electron chi connectivity index (χ0n) is 13.3. The second-order valence-corrected chi connectivity index (χ2v) is 5.70. The van der Waals surface area contributed by atoms with Crippen molar-refractivity contribution in [2.75, 3.05) is 6.61 Å². The Kier molecular flexibility index (Phi) is 6.06. The summed E-state index contributed by atoms with van der Waals surface area (Å²) in [6, 6.07) is 7.59. The Balaban J connectivity index is 2.89. The van der Waals surface area contributed by atoms with E-state index in [0.717, 1.165) is 0 Å². The zero-order valence-corrected chi connectivity index (χ0v) is 13.3. The van der Waals surface area contributed by atoms with Gasteiger partial charge >= 0.3 is 11.7 Å². The predicted molar refractivity (Wildman–Crippen MR) is 83.3 cm³/mol. The summed E-state index contributed by atoms with van der Waals surface area (Å²) in [7, 11) is 0. The van der Waals surface area contributed by atoms with Gasteiger partial charge in [0.25, 0.3) is 0 Å². The summed E-state index contributed by atoms with van der Waals surface area (Å²) >= 11 is 0. The third-order valence-electron chi connectivity index (χ3n) is 2.96. The van der Waals surface area contributed by atoms with E-state index in [1.54, 1.807) is 6.92 Å². The first-order valence-electron chi connectivity index (χ1n) is 6.98. The number of benzene rings is 1. The van der Waals surface area contributed by atoms with Crippen LogP contribution in [0.1, 0.15) is 38.8 Å². The third-order valence-corrected chi connectivity index (χ3v) is 2.96. The van der Waals surface area contributed by atoms with Crippen molar-refractivity contribution in [2.24, 2.45) is 0 Å². The Bertz CT molecular complexity index is 639. The normalized spacial score (nSPS) is 11.7. The van der Waals surface area contributed by atoms with Crippen LogP contribution in [0.15, 0.2) is 24.3 Å². The number of hydrogen-bond acceptors (Lipinski definition) is 3. The molecule has 0 spiro atoms. The highest BCUT2D eigenvalue weighted by Gasteiger charge is 2.29. The first-order valence-corrected chi connectivity index (χ1v) is 6.98. The average Bonchev–Trinajstić information content (AvgIpc) is 2.45. The highest BCUT2D eigenvalue weighted by molar-refractivity contribution is 6.36. The molecule has 0 heterocycles. The molecule has 1 atom stereocenters. The minimum absolute atomic E-state index is 0.0477. The van der Waals surface area contributed by atoms with Crippen LogP contribution in [0.2, 0.25) is 0 Å². The topological polar surface area (TPSA) is 82.9 Å². The van der Waals surface area contributed by atoms with Crippen molar-refractivity contribution >= 4 is 11.7 Å². The Morgan fingerprint density at radius 1 is 1.36 bits per heavy atom. The summed E-state index contributed by atoms with van der Waals surface area (Å²) in [5, 5.41) is 9.79. The Labute approximate surface area is 130 Å². The van der Waals surface area contributed by atoms with Gasteiger partial charge < -0.3 is 15.4 Å². The Hall–Kier alpha value is -2.41. The van der Waals surface area contributed by atoms with E-state index in [9.17, 15) is 9.90 Å². The van der Waals surface area contributed by atoms with E-state index >= 15 is 0 Å². The molecule has 1 rings (SSSR count). The van der Waals surface area contributed by atoms with Gasteiger partial charge in [-0.15, -0.1) is 0 Å². The van der Waals surface area contributed by atoms with Gasteiger partial charge in [-0.3, -0.25) is 0 Å². The van der Waals surface area contributed by atoms with Crippen molar-refractivity contribution in [1.82, 2.24) is 0 Å². The fourth-order valence-electron chi connectivity index (χ4n) is 1.69. The molecule has 0 saturated heterocycles. The van der Waals surface area contributed by atoms with Crippen LogP contribution in [0.3, 0.4) is 0 Å². The maximum absolute atomic E-state index is 11.4. The lowest BCUT2D eigenvalue weighted by molar-refractivity contribution is -0.140. The molecular formula is C17H20N2O3. The van der Waals surface area contributed by atoms with Crippen LogP contribution in [0, 0.1) is 11.8 Å². The molecule has 116 valence electrons. The van der Waals surface area contributed by atoms with Crippen LogP contribution in [0.5, 0.6) is 0 Å². The number of aliphatic hydroxyl groups is 1. The third kappa shape index (κ3) is 4.85. The molecule has 1 aromatic carbocycles. The second-order valence-electron chi connectivity index (χ2n) is 5.70. The van der Waals surface area contributed by atoms with Gasteiger partial charge in [-0.05, 0) is 30.0 Å². The summed E-state index contributed by atoms with van der Waals surface area (Å²) in [5.41, 5.74) is 10.2. The van der Waals surface area contributed by atoms with Crippen LogP contribution >= 0.6 is 0 Å². The second kappa shape index (κ2) is 7.56. The molecule has 0 amide bonds. The van der Waals surface area contributed by atoms with Gasteiger partial charge in [-0.2, -0.15) is 4.79 Å². The van der Waals surface area contributed by atoms with E-state index in [2.05, 4.69) is 42.1 Å². The number of aliphatic hydroxyl groups excluding tert-OH is 1. The SMILES string of the molecule is CCOC(=O)C(=[N+]=[N-])C(O)C#Cc1ccc(C(C)(C)C)cc1. The predicted octanol–water partition coefficient (Wildman–Crippen LogP) is 1.93. The van der Waals surface area contributed by atoms with Gasteiger partial charge in [0.1, 0.15) is 0 Å². The highest BCUT2D eigenvalue weighted by Crippen LogP contribution is 2.21. The fraction of sp³-hybridized carbons (Fsp3) is 0.412. The molecule has 1 aromatic rings. The molecule has 5 nitrogen and oxygen atoms in total. The lowest BCUT2D eigenvalue weighted by Crippen LogP contribution is -2.30. The van der Waals surface area contributed by atoms with Crippen LogP contribution in [-0.2, 0) is 14.9 Å². The minimum atomic E-state index is -1.51. The molecule has 0 fully saturated rings.